The van der Waals surface area contributed by atoms with E-state index in [-0.39, 0.29) is 0 Å². The molecule has 1 heteroatoms. The maximum absolute atomic E-state index is 3.79. The zero-order valence-electron chi connectivity index (χ0n) is 13.1. The number of rotatable bonds is 6. The molecule has 1 saturated carbocycles. The lowest BCUT2D eigenvalue weighted by Crippen LogP contribution is -2.28. The van der Waals surface area contributed by atoms with Crippen molar-refractivity contribution < 1.29 is 0 Å². The molecule has 1 fully saturated rings. The van der Waals surface area contributed by atoms with Gasteiger partial charge in [-0.15, -0.1) is 0 Å². The van der Waals surface area contributed by atoms with Gasteiger partial charge in [-0.05, 0) is 62.8 Å². The molecule has 0 heterocycles. The van der Waals surface area contributed by atoms with E-state index in [1.54, 1.807) is 5.56 Å². The maximum atomic E-state index is 3.79. The summed E-state index contributed by atoms with van der Waals surface area (Å²) in [7, 11) is 0. The SMILES string of the molecule is CCCNC(CC1CCC1)c1c(C)cc(C)cc1C. The Balaban J connectivity index is 2.20. The molecule has 0 amide bonds. The third kappa shape index (κ3) is 3.60. The topological polar surface area (TPSA) is 12.0 Å². The largest absolute Gasteiger partial charge is 0.310 e. The Bertz CT molecular complexity index is 395. The second-order valence-corrected chi connectivity index (χ2v) is 6.35. The second-order valence-electron chi connectivity index (χ2n) is 6.35. The van der Waals surface area contributed by atoms with Gasteiger partial charge in [-0.1, -0.05) is 43.9 Å². The average molecular weight is 259 g/mol. The van der Waals surface area contributed by atoms with Gasteiger partial charge in [0, 0.05) is 6.04 Å². The van der Waals surface area contributed by atoms with Gasteiger partial charge in [-0.25, -0.2) is 0 Å². The Morgan fingerprint density at radius 1 is 1.16 bits per heavy atom. The highest BCUT2D eigenvalue weighted by Gasteiger charge is 2.24. The molecule has 0 saturated heterocycles. The van der Waals surface area contributed by atoms with Crippen LogP contribution < -0.4 is 5.32 Å². The Morgan fingerprint density at radius 2 is 1.79 bits per heavy atom. The monoisotopic (exact) mass is 259 g/mol. The molecule has 1 N–H and O–H groups in total. The van der Waals surface area contributed by atoms with Crippen LogP contribution in [0, 0.1) is 26.7 Å². The van der Waals surface area contributed by atoms with Crippen molar-refractivity contribution in [3.63, 3.8) is 0 Å². The normalized spacial score (nSPS) is 17.3. The van der Waals surface area contributed by atoms with Crippen LogP contribution in [0.5, 0.6) is 0 Å². The highest BCUT2D eigenvalue weighted by molar-refractivity contribution is 5.39. The molecule has 1 aromatic carbocycles. The summed E-state index contributed by atoms with van der Waals surface area (Å²) in [4.78, 5) is 0. The number of aryl methyl sites for hydroxylation is 3. The summed E-state index contributed by atoms with van der Waals surface area (Å²) in [6.45, 7) is 10.1. The Morgan fingerprint density at radius 3 is 2.26 bits per heavy atom. The molecule has 0 aromatic heterocycles. The van der Waals surface area contributed by atoms with Crippen LogP contribution in [0.2, 0.25) is 0 Å². The molecule has 0 bridgehead atoms. The predicted molar refractivity (Wildman–Crippen MR) is 83.6 cm³/mol. The summed E-state index contributed by atoms with van der Waals surface area (Å²) in [6, 6.07) is 5.24. The minimum atomic E-state index is 0.561. The van der Waals surface area contributed by atoms with Crippen molar-refractivity contribution in [3.05, 3.63) is 34.4 Å². The number of nitrogens with one attached hydrogen (secondary N) is 1. The molecule has 1 nitrogen and oxygen atoms in total. The minimum Gasteiger partial charge on any atom is -0.310 e. The molecular weight excluding hydrogens is 230 g/mol. The van der Waals surface area contributed by atoms with Gasteiger partial charge in [0.15, 0.2) is 0 Å². The predicted octanol–water partition coefficient (Wildman–Crippen LogP) is 4.84. The molecule has 1 aromatic rings. The first kappa shape index (κ1) is 14.6. The van der Waals surface area contributed by atoms with Crippen LogP contribution in [-0.2, 0) is 0 Å². The van der Waals surface area contributed by atoms with Gasteiger partial charge in [0.2, 0.25) is 0 Å². The number of benzene rings is 1. The summed E-state index contributed by atoms with van der Waals surface area (Å²) >= 11 is 0. The number of hydrogen-bond acceptors (Lipinski definition) is 1. The third-order valence-corrected chi connectivity index (χ3v) is 4.52. The van der Waals surface area contributed by atoms with Gasteiger partial charge < -0.3 is 5.32 Å². The van der Waals surface area contributed by atoms with Gasteiger partial charge in [0.1, 0.15) is 0 Å². The first-order valence-corrected chi connectivity index (χ1v) is 7.93. The van der Waals surface area contributed by atoms with Crippen molar-refractivity contribution >= 4 is 0 Å². The van der Waals surface area contributed by atoms with Crippen LogP contribution >= 0.6 is 0 Å². The summed E-state index contributed by atoms with van der Waals surface area (Å²) in [5, 5.41) is 3.79. The lowest BCUT2D eigenvalue weighted by molar-refractivity contribution is 0.260. The average Bonchev–Trinajstić information content (AvgIpc) is 2.28. The molecule has 1 aliphatic rings. The molecular formula is C18H29N. The van der Waals surface area contributed by atoms with E-state index in [0.717, 1.165) is 12.5 Å². The van der Waals surface area contributed by atoms with Gasteiger partial charge in [0.05, 0.1) is 0 Å². The lowest BCUT2D eigenvalue weighted by atomic mass is 9.78. The summed E-state index contributed by atoms with van der Waals surface area (Å²) in [5.41, 5.74) is 5.87. The summed E-state index contributed by atoms with van der Waals surface area (Å²) in [6.07, 6.45) is 6.86. The molecule has 106 valence electrons. The molecule has 1 aliphatic carbocycles. The van der Waals surface area contributed by atoms with Crippen LogP contribution in [0.15, 0.2) is 12.1 Å². The highest BCUT2D eigenvalue weighted by Crippen LogP contribution is 2.36. The van der Waals surface area contributed by atoms with Crippen molar-refractivity contribution in [2.24, 2.45) is 5.92 Å². The highest BCUT2D eigenvalue weighted by atomic mass is 14.9. The molecule has 1 atom stereocenters. The van der Waals surface area contributed by atoms with Gasteiger partial charge in [-0.2, -0.15) is 0 Å². The van der Waals surface area contributed by atoms with Crippen LogP contribution in [0.1, 0.15) is 67.3 Å². The summed E-state index contributed by atoms with van der Waals surface area (Å²) in [5.74, 6) is 0.953. The fourth-order valence-electron chi connectivity index (χ4n) is 3.42. The molecule has 0 aliphatic heterocycles. The third-order valence-electron chi connectivity index (χ3n) is 4.52. The van der Waals surface area contributed by atoms with Crippen molar-refractivity contribution in [1.82, 2.24) is 5.32 Å². The van der Waals surface area contributed by atoms with E-state index in [0.29, 0.717) is 6.04 Å². The van der Waals surface area contributed by atoms with E-state index < -0.39 is 0 Å². The molecule has 0 spiro atoms. The molecule has 2 rings (SSSR count). The van der Waals surface area contributed by atoms with Crippen LogP contribution in [0.25, 0.3) is 0 Å². The quantitative estimate of drug-likeness (QED) is 0.770. The van der Waals surface area contributed by atoms with E-state index in [2.05, 4.69) is 45.1 Å². The van der Waals surface area contributed by atoms with Crippen molar-refractivity contribution in [2.45, 2.75) is 65.8 Å². The van der Waals surface area contributed by atoms with Crippen LogP contribution in [-0.4, -0.2) is 6.54 Å². The molecule has 19 heavy (non-hydrogen) atoms. The molecule has 1 unspecified atom stereocenters. The summed E-state index contributed by atoms with van der Waals surface area (Å²) < 4.78 is 0. The minimum absolute atomic E-state index is 0.561. The smallest absolute Gasteiger partial charge is 0.0328 e. The Kier molecular flexibility index (Phi) is 5.04. The fraction of sp³-hybridized carbons (Fsp3) is 0.667. The zero-order valence-corrected chi connectivity index (χ0v) is 13.1. The molecule has 0 radical (unpaired) electrons. The van der Waals surface area contributed by atoms with E-state index in [9.17, 15) is 0 Å². The van der Waals surface area contributed by atoms with E-state index in [4.69, 9.17) is 0 Å². The van der Waals surface area contributed by atoms with Crippen LogP contribution in [0.4, 0.5) is 0 Å². The Labute approximate surface area is 118 Å². The van der Waals surface area contributed by atoms with Gasteiger partial charge >= 0.3 is 0 Å². The fourth-order valence-corrected chi connectivity index (χ4v) is 3.42. The van der Waals surface area contributed by atoms with Gasteiger partial charge in [0.25, 0.3) is 0 Å². The second kappa shape index (κ2) is 6.56. The van der Waals surface area contributed by atoms with Crippen LogP contribution in [0.3, 0.4) is 0 Å². The first-order valence-electron chi connectivity index (χ1n) is 7.93. The van der Waals surface area contributed by atoms with Crippen molar-refractivity contribution in [2.75, 3.05) is 6.54 Å². The number of hydrogen-bond donors (Lipinski definition) is 1. The van der Waals surface area contributed by atoms with E-state index >= 15 is 0 Å². The van der Waals surface area contributed by atoms with E-state index in [1.165, 1.54) is 48.8 Å². The first-order chi connectivity index (χ1) is 9.11. The van der Waals surface area contributed by atoms with Crippen molar-refractivity contribution in [3.8, 4) is 0 Å². The zero-order chi connectivity index (χ0) is 13.8. The van der Waals surface area contributed by atoms with Crippen molar-refractivity contribution in [1.29, 1.82) is 0 Å². The van der Waals surface area contributed by atoms with E-state index in [1.807, 2.05) is 0 Å². The lowest BCUT2D eigenvalue weighted by Gasteiger charge is -2.32. The standard InChI is InChI=1S/C18H29N/c1-5-9-19-17(12-16-7-6-8-16)18-14(3)10-13(2)11-15(18)4/h10-11,16-17,19H,5-9,12H2,1-4H3. The maximum Gasteiger partial charge on any atom is 0.0328 e. The Hall–Kier alpha value is -0.820. The van der Waals surface area contributed by atoms with Gasteiger partial charge in [-0.3, -0.25) is 0 Å².